The summed E-state index contributed by atoms with van der Waals surface area (Å²) in [5, 5.41) is 8.60. The number of rotatable bonds is 9. The number of carbonyl (C=O) groups is 1. The number of nitrogens with one attached hydrogen (secondary N) is 1. The van der Waals surface area contributed by atoms with Crippen LogP contribution in [0.4, 0.5) is 5.95 Å². The van der Waals surface area contributed by atoms with E-state index in [4.69, 9.17) is 19.3 Å². The lowest BCUT2D eigenvalue weighted by Gasteiger charge is -2.28. The number of aromatic nitrogens is 3. The van der Waals surface area contributed by atoms with E-state index in [1.54, 1.807) is 18.7 Å². The number of hydrogen-bond acceptors (Lipinski definition) is 8. The molecule has 0 spiro atoms. The number of allylic oxidation sites excluding steroid dienone is 1. The van der Waals surface area contributed by atoms with Crippen LogP contribution in [0.3, 0.4) is 0 Å². The summed E-state index contributed by atoms with van der Waals surface area (Å²) in [4.78, 5) is 17.7. The topological polar surface area (TPSA) is 87.5 Å². The lowest BCUT2D eigenvalue weighted by Crippen LogP contribution is -2.29. The number of anilines is 1. The van der Waals surface area contributed by atoms with Gasteiger partial charge in [0.2, 0.25) is 11.1 Å². The van der Waals surface area contributed by atoms with Crippen LogP contribution in [0, 0.1) is 0 Å². The Balaban J connectivity index is 1.74. The molecule has 1 atom stereocenters. The fraction of sp³-hybridized carbons (Fsp3) is 0.320. The molecule has 4 rings (SSSR count). The lowest BCUT2D eigenvalue weighted by atomic mass is 9.95. The molecule has 1 N–H and O–H groups in total. The Kier molecular flexibility index (Phi) is 7.42. The summed E-state index contributed by atoms with van der Waals surface area (Å²) in [7, 11) is 1.59. The highest BCUT2D eigenvalue weighted by Crippen LogP contribution is 2.40. The molecule has 0 aliphatic carbocycles. The van der Waals surface area contributed by atoms with E-state index < -0.39 is 12.0 Å². The van der Waals surface area contributed by atoms with E-state index in [-0.39, 0.29) is 6.61 Å². The molecule has 0 unspecified atom stereocenters. The van der Waals surface area contributed by atoms with Gasteiger partial charge in [-0.25, -0.2) is 9.48 Å². The molecule has 0 amide bonds. The zero-order valence-electron chi connectivity index (χ0n) is 19.7. The van der Waals surface area contributed by atoms with Crippen molar-refractivity contribution in [3.63, 3.8) is 0 Å². The Bertz CT molecular complexity index is 1190. The second-order valence-corrected chi connectivity index (χ2v) is 8.51. The second-order valence-electron chi connectivity index (χ2n) is 7.57. The molecule has 3 aromatic rings. The Morgan fingerprint density at radius 1 is 1.12 bits per heavy atom. The van der Waals surface area contributed by atoms with Gasteiger partial charge in [0.05, 0.1) is 25.9 Å². The summed E-state index contributed by atoms with van der Waals surface area (Å²) in [6.45, 7) is 6.35. The van der Waals surface area contributed by atoms with Crippen molar-refractivity contribution in [3.8, 4) is 11.5 Å². The summed E-state index contributed by atoms with van der Waals surface area (Å²) in [5.41, 5.74) is 3.15. The molecule has 34 heavy (non-hydrogen) atoms. The number of esters is 1. The minimum atomic E-state index is -0.529. The van der Waals surface area contributed by atoms with Gasteiger partial charge in [0.15, 0.2) is 11.5 Å². The largest absolute Gasteiger partial charge is 0.493 e. The standard InChI is InChI=1S/C25H28N4O4S/c1-5-32-19-13-12-18(14-20(19)31-4)22-21(23(30)33-6-2)16(3)26-24-27-25(28-29(22)24)34-15-17-10-8-7-9-11-17/h7-14,22H,5-6,15H2,1-4H3,(H,26,27,28)/t22-/m0/s1. The van der Waals surface area contributed by atoms with E-state index in [9.17, 15) is 4.79 Å². The van der Waals surface area contributed by atoms with Gasteiger partial charge in [0.25, 0.3) is 0 Å². The van der Waals surface area contributed by atoms with Crippen LogP contribution in [0.1, 0.15) is 37.9 Å². The van der Waals surface area contributed by atoms with E-state index in [1.165, 1.54) is 17.3 Å². The number of hydrogen-bond donors (Lipinski definition) is 1. The minimum absolute atomic E-state index is 0.275. The first kappa shape index (κ1) is 23.7. The zero-order valence-corrected chi connectivity index (χ0v) is 20.5. The van der Waals surface area contributed by atoms with E-state index in [0.717, 1.165) is 11.3 Å². The number of thioether (sulfide) groups is 1. The van der Waals surface area contributed by atoms with Gasteiger partial charge in [0.1, 0.15) is 6.04 Å². The third kappa shape index (κ3) is 4.89. The molecular formula is C25H28N4O4S. The molecule has 2 heterocycles. The van der Waals surface area contributed by atoms with Crippen molar-refractivity contribution in [3.05, 3.63) is 70.9 Å². The maximum absolute atomic E-state index is 13.0. The predicted octanol–water partition coefficient (Wildman–Crippen LogP) is 4.83. The van der Waals surface area contributed by atoms with E-state index >= 15 is 0 Å². The van der Waals surface area contributed by atoms with E-state index in [2.05, 4.69) is 22.4 Å². The quantitative estimate of drug-likeness (QED) is 0.344. The maximum atomic E-state index is 13.0. The van der Waals surface area contributed by atoms with Gasteiger partial charge < -0.3 is 19.5 Å². The molecule has 2 aromatic carbocycles. The van der Waals surface area contributed by atoms with E-state index in [0.29, 0.717) is 40.5 Å². The third-order valence-corrected chi connectivity index (χ3v) is 6.25. The summed E-state index contributed by atoms with van der Waals surface area (Å²) in [6.07, 6.45) is 0. The highest BCUT2D eigenvalue weighted by molar-refractivity contribution is 7.98. The van der Waals surface area contributed by atoms with Gasteiger partial charge in [0, 0.05) is 11.4 Å². The molecule has 1 aromatic heterocycles. The van der Waals surface area contributed by atoms with Crippen LogP contribution in [0.25, 0.3) is 0 Å². The predicted molar refractivity (Wildman–Crippen MR) is 131 cm³/mol. The summed E-state index contributed by atoms with van der Waals surface area (Å²) in [6, 6.07) is 15.3. The number of benzene rings is 2. The first-order valence-corrected chi connectivity index (χ1v) is 12.1. The van der Waals surface area contributed by atoms with Crippen LogP contribution in [0.5, 0.6) is 11.5 Å². The van der Waals surface area contributed by atoms with Gasteiger partial charge in [-0.3, -0.25) is 0 Å². The molecule has 0 saturated heterocycles. The van der Waals surface area contributed by atoms with Crippen molar-refractivity contribution in [2.45, 2.75) is 37.7 Å². The van der Waals surface area contributed by atoms with Crippen LogP contribution in [0.2, 0.25) is 0 Å². The Hall–Kier alpha value is -3.46. The third-order valence-electron chi connectivity index (χ3n) is 5.34. The zero-order chi connectivity index (χ0) is 24.1. The normalized spacial score (nSPS) is 14.9. The highest BCUT2D eigenvalue weighted by atomic mass is 32.2. The monoisotopic (exact) mass is 480 g/mol. The molecule has 9 heteroatoms. The molecule has 8 nitrogen and oxygen atoms in total. The van der Waals surface area contributed by atoms with E-state index in [1.807, 2.05) is 50.2 Å². The van der Waals surface area contributed by atoms with Crippen LogP contribution in [-0.4, -0.2) is 41.1 Å². The molecule has 0 bridgehead atoms. The number of methoxy groups -OCH3 is 1. The first-order valence-electron chi connectivity index (χ1n) is 11.1. The van der Waals surface area contributed by atoms with Crippen molar-refractivity contribution in [1.29, 1.82) is 0 Å². The fourth-order valence-electron chi connectivity index (χ4n) is 3.83. The van der Waals surface area contributed by atoms with Crippen molar-refractivity contribution >= 4 is 23.7 Å². The van der Waals surface area contributed by atoms with Gasteiger partial charge in [-0.05, 0) is 44.0 Å². The van der Waals surface area contributed by atoms with Crippen LogP contribution >= 0.6 is 11.8 Å². The van der Waals surface area contributed by atoms with Gasteiger partial charge in [-0.15, -0.1) is 5.10 Å². The summed E-state index contributed by atoms with van der Waals surface area (Å²) < 4.78 is 18.4. The molecule has 0 radical (unpaired) electrons. The van der Waals surface area contributed by atoms with Crippen LogP contribution in [-0.2, 0) is 15.3 Å². The van der Waals surface area contributed by atoms with Crippen molar-refractivity contribution < 1.29 is 19.0 Å². The first-order chi connectivity index (χ1) is 16.5. The molecular weight excluding hydrogens is 452 g/mol. The second kappa shape index (κ2) is 10.6. The average Bonchev–Trinajstić information content (AvgIpc) is 3.25. The molecule has 1 aliphatic heterocycles. The Labute approximate surface area is 203 Å². The van der Waals surface area contributed by atoms with Crippen molar-refractivity contribution in [2.75, 3.05) is 25.6 Å². The summed E-state index contributed by atoms with van der Waals surface area (Å²) >= 11 is 1.54. The van der Waals surface area contributed by atoms with Crippen LogP contribution in [0.15, 0.2) is 65.0 Å². The SMILES string of the molecule is CCOC(=O)C1=C(C)Nc2nc(SCc3ccccc3)nn2[C@H]1c1ccc(OCC)c(OC)c1. The average molecular weight is 481 g/mol. The Morgan fingerprint density at radius 3 is 2.62 bits per heavy atom. The fourth-order valence-corrected chi connectivity index (χ4v) is 4.61. The number of carbonyl (C=O) groups excluding carboxylic acids is 1. The lowest BCUT2D eigenvalue weighted by molar-refractivity contribution is -0.139. The van der Waals surface area contributed by atoms with Crippen molar-refractivity contribution in [2.24, 2.45) is 0 Å². The van der Waals surface area contributed by atoms with Gasteiger partial charge >= 0.3 is 5.97 Å². The van der Waals surface area contributed by atoms with Crippen molar-refractivity contribution in [1.82, 2.24) is 14.8 Å². The van der Waals surface area contributed by atoms with Crippen LogP contribution < -0.4 is 14.8 Å². The minimum Gasteiger partial charge on any atom is -0.493 e. The molecule has 1 aliphatic rings. The molecule has 178 valence electrons. The Morgan fingerprint density at radius 2 is 1.91 bits per heavy atom. The number of nitrogens with zero attached hydrogens (tertiary/aromatic N) is 3. The molecule has 0 fully saturated rings. The smallest absolute Gasteiger partial charge is 0.338 e. The number of fused-ring (bicyclic) bond motifs is 1. The number of ether oxygens (including phenoxy) is 3. The molecule has 0 saturated carbocycles. The maximum Gasteiger partial charge on any atom is 0.338 e. The summed E-state index contributed by atoms with van der Waals surface area (Å²) in [5.74, 6) is 2.13. The highest BCUT2D eigenvalue weighted by Gasteiger charge is 2.35. The van der Waals surface area contributed by atoms with Gasteiger partial charge in [-0.2, -0.15) is 4.98 Å². The van der Waals surface area contributed by atoms with Gasteiger partial charge in [-0.1, -0.05) is 48.2 Å².